The molecule has 41 heavy (non-hydrogen) atoms. The first-order valence-corrected chi connectivity index (χ1v) is 13.1. The van der Waals surface area contributed by atoms with E-state index in [1.165, 1.54) is 21.2 Å². The first kappa shape index (κ1) is 37.9. The first-order valence-electron chi connectivity index (χ1n) is 11.1. The van der Waals surface area contributed by atoms with E-state index in [9.17, 15) is 26.3 Å². The Kier molecular flexibility index (Phi) is 18.4. The van der Waals surface area contributed by atoms with Gasteiger partial charge in [0.25, 0.3) is 0 Å². The molecule has 4 aromatic rings. The molecule has 0 atom stereocenters. The van der Waals surface area contributed by atoms with Crippen LogP contribution in [0.15, 0.2) is 121 Å². The van der Waals surface area contributed by atoms with E-state index in [0.29, 0.717) is 0 Å². The van der Waals surface area contributed by atoms with Crippen molar-refractivity contribution in [1.29, 1.82) is 0 Å². The van der Waals surface area contributed by atoms with Gasteiger partial charge in [-0.3, -0.25) is 0 Å². The van der Waals surface area contributed by atoms with Crippen LogP contribution in [0.2, 0.25) is 0 Å². The molecule has 0 saturated heterocycles. The molecule has 4 aromatic carbocycles. The van der Waals surface area contributed by atoms with E-state index >= 15 is 0 Å². The number of hydrogen-bond acceptors (Lipinski definition) is 2. The largest absolute Gasteiger partial charge is 0.490 e. The molecule has 220 valence electrons. The van der Waals surface area contributed by atoms with Crippen LogP contribution >= 0.6 is 17.2 Å². The number of hydrogen-bond donors (Lipinski definition) is 2. The van der Waals surface area contributed by atoms with E-state index in [4.69, 9.17) is 19.8 Å². The molecule has 4 rings (SSSR count). The monoisotopic (exact) mass is 702 g/mol. The topological polar surface area (TPSA) is 74.6 Å². The van der Waals surface area contributed by atoms with E-state index in [0.717, 1.165) is 17.2 Å². The molecule has 0 amide bonds. The summed E-state index contributed by atoms with van der Waals surface area (Å²) in [7, 11) is 1.55. The van der Waals surface area contributed by atoms with Gasteiger partial charge in [0, 0.05) is 19.5 Å². The van der Waals surface area contributed by atoms with E-state index in [2.05, 4.69) is 121 Å². The summed E-state index contributed by atoms with van der Waals surface area (Å²) in [6.07, 6.45) is -10.2. The standard InChI is InChI=1S/2C12H11P.2C2HF3O2.Ru/c2*1-3-7-11(8-4-1)13-12-9-5-2-6-10-12;2*3-2(4,5)1(6)7;/h2*1-10,13H;2*(H,6,7);. The van der Waals surface area contributed by atoms with Gasteiger partial charge in [0.2, 0.25) is 0 Å². The van der Waals surface area contributed by atoms with Crippen molar-refractivity contribution in [2.24, 2.45) is 0 Å². The Morgan fingerprint density at radius 2 is 0.585 bits per heavy atom. The van der Waals surface area contributed by atoms with Crippen LogP contribution < -0.4 is 21.2 Å². The molecule has 0 fully saturated rings. The molecule has 0 aliphatic heterocycles. The molecule has 0 aliphatic carbocycles. The van der Waals surface area contributed by atoms with Crippen molar-refractivity contribution in [3.63, 3.8) is 0 Å². The van der Waals surface area contributed by atoms with Crippen molar-refractivity contribution in [2.75, 3.05) is 0 Å². The molecule has 4 nitrogen and oxygen atoms in total. The Bertz CT molecular complexity index is 1090. The second-order valence-electron chi connectivity index (χ2n) is 7.32. The molecule has 0 radical (unpaired) electrons. The fourth-order valence-electron chi connectivity index (χ4n) is 2.42. The Labute approximate surface area is 249 Å². The zero-order valence-electron chi connectivity index (χ0n) is 20.9. The molecule has 0 aliphatic rings. The molecule has 0 heterocycles. The first-order chi connectivity index (χ1) is 18.8. The van der Waals surface area contributed by atoms with Crippen LogP contribution in [-0.4, -0.2) is 34.5 Å². The fourth-order valence-corrected chi connectivity index (χ4v) is 4.52. The molecule has 0 bridgehead atoms. The fraction of sp³-hybridized carbons (Fsp3) is 0.0714. The minimum Gasteiger partial charge on any atom is -0.475 e. The number of carbonyl (C=O) groups is 2. The second-order valence-corrected chi connectivity index (χ2v) is 10.1. The Morgan fingerprint density at radius 1 is 0.439 bits per heavy atom. The maximum atomic E-state index is 10.6. The number of benzene rings is 4. The van der Waals surface area contributed by atoms with Crippen molar-refractivity contribution in [3.8, 4) is 0 Å². The maximum absolute atomic E-state index is 10.6. The molecular formula is C28H24F6O4P2Ru. The van der Waals surface area contributed by atoms with Gasteiger partial charge in [0.15, 0.2) is 0 Å². The number of carboxylic acid groups (broad SMARTS) is 2. The van der Waals surface area contributed by atoms with Gasteiger partial charge in [0.1, 0.15) is 0 Å². The van der Waals surface area contributed by atoms with Crippen molar-refractivity contribution in [2.45, 2.75) is 12.4 Å². The molecule has 0 saturated carbocycles. The SMILES string of the molecule is O=C(O)C(F)(F)F.O=C(O)C(F)(F)F.[Ru].c1ccc(Pc2ccccc2)cc1.c1ccc(Pc2ccccc2)cc1. The van der Waals surface area contributed by atoms with E-state index < -0.39 is 24.3 Å². The average molecular weight is 702 g/mol. The number of alkyl halides is 6. The van der Waals surface area contributed by atoms with Crippen LogP contribution in [0.3, 0.4) is 0 Å². The van der Waals surface area contributed by atoms with Crippen LogP contribution in [0.1, 0.15) is 0 Å². The number of carboxylic acids is 2. The van der Waals surface area contributed by atoms with Crippen molar-refractivity contribution in [3.05, 3.63) is 121 Å². The van der Waals surface area contributed by atoms with Gasteiger partial charge in [-0.15, -0.1) is 0 Å². The quantitative estimate of drug-likeness (QED) is 0.158. The third kappa shape index (κ3) is 18.8. The maximum Gasteiger partial charge on any atom is 0.490 e. The van der Waals surface area contributed by atoms with Gasteiger partial charge in [-0.2, -0.15) is 26.3 Å². The van der Waals surface area contributed by atoms with Gasteiger partial charge in [-0.05, 0) is 21.2 Å². The number of rotatable bonds is 4. The van der Waals surface area contributed by atoms with Crippen LogP contribution in [0, 0.1) is 0 Å². The third-order valence-corrected chi connectivity index (χ3v) is 6.65. The van der Waals surface area contributed by atoms with Crippen LogP contribution in [0.4, 0.5) is 26.3 Å². The van der Waals surface area contributed by atoms with Crippen LogP contribution in [-0.2, 0) is 29.1 Å². The van der Waals surface area contributed by atoms with Crippen LogP contribution in [0.5, 0.6) is 0 Å². The second kappa shape index (κ2) is 19.9. The van der Waals surface area contributed by atoms with Crippen LogP contribution in [0.25, 0.3) is 0 Å². The summed E-state index contributed by atoms with van der Waals surface area (Å²) < 4.78 is 63.5. The molecular weight excluding hydrogens is 677 g/mol. The van der Waals surface area contributed by atoms with Crippen molar-refractivity contribution >= 4 is 50.3 Å². The molecule has 0 unspecified atom stereocenters. The van der Waals surface area contributed by atoms with Gasteiger partial charge in [-0.1, -0.05) is 138 Å². The third-order valence-electron chi connectivity index (χ3n) is 4.16. The molecule has 0 spiro atoms. The summed E-state index contributed by atoms with van der Waals surface area (Å²) >= 11 is 0. The Morgan fingerprint density at radius 3 is 0.707 bits per heavy atom. The minimum absolute atomic E-state index is 0. The summed E-state index contributed by atoms with van der Waals surface area (Å²) in [5, 5.41) is 19.8. The summed E-state index contributed by atoms with van der Waals surface area (Å²) in [6.45, 7) is 0. The summed E-state index contributed by atoms with van der Waals surface area (Å²) in [4.78, 5) is 17.8. The van der Waals surface area contributed by atoms with E-state index in [1.807, 2.05) is 0 Å². The summed E-state index contributed by atoms with van der Waals surface area (Å²) in [6, 6.07) is 42.3. The van der Waals surface area contributed by atoms with Crippen molar-refractivity contribution in [1.82, 2.24) is 0 Å². The van der Waals surface area contributed by atoms with Gasteiger partial charge >= 0.3 is 24.3 Å². The smallest absolute Gasteiger partial charge is 0.475 e. The minimum atomic E-state index is -5.08. The van der Waals surface area contributed by atoms with E-state index in [-0.39, 0.29) is 19.5 Å². The molecule has 13 heteroatoms. The van der Waals surface area contributed by atoms with Gasteiger partial charge < -0.3 is 10.2 Å². The number of aliphatic carboxylic acids is 2. The Hall–Kier alpha value is -3.12. The van der Waals surface area contributed by atoms with Gasteiger partial charge in [-0.25, -0.2) is 9.59 Å². The number of halogens is 6. The van der Waals surface area contributed by atoms with Crippen molar-refractivity contribution < 1.29 is 65.6 Å². The van der Waals surface area contributed by atoms with Gasteiger partial charge in [0.05, 0.1) is 0 Å². The average Bonchev–Trinajstić information content (AvgIpc) is 2.91. The molecule has 0 aromatic heterocycles. The predicted molar refractivity (Wildman–Crippen MR) is 148 cm³/mol. The van der Waals surface area contributed by atoms with E-state index in [1.54, 1.807) is 0 Å². The summed E-state index contributed by atoms with van der Waals surface area (Å²) in [5.74, 6) is -5.51. The zero-order valence-corrected chi connectivity index (χ0v) is 24.6. The zero-order chi connectivity index (χ0) is 30.0. The predicted octanol–water partition coefficient (Wildman–Crippen LogP) is 5.90. The summed E-state index contributed by atoms with van der Waals surface area (Å²) in [5.41, 5.74) is 0. The normalized spacial score (nSPS) is 10.1. The molecule has 2 N–H and O–H groups in total. The Balaban J connectivity index is 0.000000541.